The molecule has 0 bridgehead atoms. The Kier molecular flexibility index (Phi) is 4.07. The highest BCUT2D eigenvalue weighted by Crippen LogP contribution is 2.35. The standard InChI is InChI=1S/C14H14F4N4O/c1-22-6-5-19-7-10(22)12-20-13(23-21-12)8-3-2-4-9(11(8)15)14(16,17)18/h2-4,10,19H,5-7H2,1H3. The highest BCUT2D eigenvalue weighted by atomic mass is 19.4. The Morgan fingerprint density at radius 1 is 1.35 bits per heavy atom. The number of likely N-dealkylation sites (N-methyl/N-ethyl adjacent to an activating group) is 1. The molecule has 2 aromatic rings. The zero-order valence-electron chi connectivity index (χ0n) is 12.2. The second kappa shape index (κ2) is 5.89. The number of nitrogens with zero attached hydrogens (tertiary/aromatic N) is 3. The minimum Gasteiger partial charge on any atom is -0.334 e. The first kappa shape index (κ1) is 15.9. The average molecular weight is 330 g/mol. The van der Waals surface area contributed by atoms with E-state index in [2.05, 4.69) is 15.5 Å². The molecule has 1 N–H and O–H groups in total. The highest BCUT2D eigenvalue weighted by Gasteiger charge is 2.36. The first-order valence-corrected chi connectivity index (χ1v) is 6.98. The molecule has 0 radical (unpaired) electrons. The molecular weight excluding hydrogens is 316 g/mol. The number of hydrogen-bond donors (Lipinski definition) is 1. The third-order valence-electron chi connectivity index (χ3n) is 3.79. The van der Waals surface area contributed by atoms with Gasteiger partial charge in [0.25, 0.3) is 5.89 Å². The Hall–Kier alpha value is -2.00. The number of benzene rings is 1. The number of nitrogens with one attached hydrogen (secondary N) is 1. The molecule has 5 nitrogen and oxygen atoms in total. The largest absolute Gasteiger partial charge is 0.419 e. The van der Waals surface area contributed by atoms with Crippen molar-refractivity contribution in [2.45, 2.75) is 12.2 Å². The van der Waals surface area contributed by atoms with E-state index in [-0.39, 0.29) is 17.5 Å². The Balaban J connectivity index is 1.95. The van der Waals surface area contributed by atoms with E-state index < -0.39 is 17.6 Å². The predicted molar refractivity (Wildman–Crippen MR) is 72.9 cm³/mol. The van der Waals surface area contributed by atoms with Gasteiger partial charge < -0.3 is 9.84 Å². The van der Waals surface area contributed by atoms with Crippen molar-refractivity contribution in [3.8, 4) is 11.5 Å². The van der Waals surface area contributed by atoms with E-state index in [4.69, 9.17) is 4.52 Å². The highest BCUT2D eigenvalue weighted by molar-refractivity contribution is 5.56. The summed E-state index contributed by atoms with van der Waals surface area (Å²) in [6.45, 7) is 2.17. The van der Waals surface area contributed by atoms with Gasteiger partial charge in [0.15, 0.2) is 5.82 Å². The molecule has 1 fully saturated rings. The fourth-order valence-corrected chi connectivity index (χ4v) is 2.49. The molecule has 1 saturated heterocycles. The van der Waals surface area contributed by atoms with Crippen LogP contribution in [0.4, 0.5) is 17.6 Å². The van der Waals surface area contributed by atoms with Crippen LogP contribution >= 0.6 is 0 Å². The Morgan fingerprint density at radius 2 is 2.13 bits per heavy atom. The van der Waals surface area contributed by atoms with Gasteiger partial charge in [-0.25, -0.2) is 4.39 Å². The number of halogens is 4. The molecule has 0 saturated carbocycles. The summed E-state index contributed by atoms with van der Waals surface area (Å²) >= 11 is 0. The molecule has 1 atom stereocenters. The molecule has 124 valence electrons. The van der Waals surface area contributed by atoms with Gasteiger partial charge in [-0.05, 0) is 19.2 Å². The molecule has 1 aliphatic rings. The quantitative estimate of drug-likeness (QED) is 0.858. The normalized spacial score (nSPS) is 20.0. The zero-order chi connectivity index (χ0) is 16.6. The van der Waals surface area contributed by atoms with E-state index in [9.17, 15) is 17.6 Å². The number of aromatic nitrogens is 2. The van der Waals surface area contributed by atoms with Crippen molar-refractivity contribution in [1.82, 2.24) is 20.4 Å². The fourth-order valence-electron chi connectivity index (χ4n) is 2.49. The van der Waals surface area contributed by atoms with Crippen LogP contribution in [-0.4, -0.2) is 41.7 Å². The first-order chi connectivity index (χ1) is 10.9. The van der Waals surface area contributed by atoms with Gasteiger partial charge in [-0.3, -0.25) is 4.90 Å². The third kappa shape index (κ3) is 3.06. The Morgan fingerprint density at radius 3 is 2.83 bits per heavy atom. The summed E-state index contributed by atoms with van der Waals surface area (Å²) in [4.78, 5) is 6.07. The van der Waals surface area contributed by atoms with E-state index in [0.717, 1.165) is 19.2 Å². The molecule has 3 rings (SSSR count). The molecule has 0 aliphatic carbocycles. The zero-order valence-corrected chi connectivity index (χ0v) is 12.2. The lowest BCUT2D eigenvalue weighted by molar-refractivity contribution is -0.139. The number of hydrogen-bond acceptors (Lipinski definition) is 5. The van der Waals surface area contributed by atoms with Crippen molar-refractivity contribution in [2.75, 3.05) is 26.7 Å². The van der Waals surface area contributed by atoms with Crippen LogP contribution in [0.2, 0.25) is 0 Å². The first-order valence-electron chi connectivity index (χ1n) is 6.98. The second-order valence-electron chi connectivity index (χ2n) is 5.32. The van der Waals surface area contributed by atoms with Crippen LogP contribution in [0, 0.1) is 5.82 Å². The molecule has 1 aliphatic heterocycles. The van der Waals surface area contributed by atoms with Crippen LogP contribution in [-0.2, 0) is 6.18 Å². The summed E-state index contributed by atoms with van der Waals surface area (Å²) in [5.74, 6) is -1.36. The van der Waals surface area contributed by atoms with Gasteiger partial charge in [0, 0.05) is 19.6 Å². The lowest BCUT2D eigenvalue weighted by atomic mass is 10.1. The van der Waals surface area contributed by atoms with E-state index in [1.807, 2.05) is 11.9 Å². The van der Waals surface area contributed by atoms with Gasteiger partial charge in [0.05, 0.1) is 17.2 Å². The lowest BCUT2D eigenvalue weighted by Crippen LogP contribution is -2.44. The van der Waals surface area contributed by atoms with Gasteiger partial charge in [0.1, 0.15) is 5.82 Å². The average Bonchev–Trinajstić information content (AvgIpc) is 2.96. The topological polar surface area (TPSA) is 54.2 Å². The van der Waals surface area contributed by atoms with Gasteiger partial charge in [-0.2, -0.15) is 18.2 Å². The Labute approximate surface area is 129 Å². The van der Waals surface area contributed by atoms with Crippen LogP contribution in [0.3, 0.4) is 0 Å². The van der Waals surface area contributed by atoms with Crippen molar-refractivity contribution in [1.29, 1.82) is 0 Å². The van der Waals surface area contributed by atoms with Crippen molar-refractivity contribution >= 4 is 0 Å². The van der Waals surface area contributed by atoms with E-state index >= 15 is 0 Å². The maximum absolute atomic E-state index is 14.1. The molecule has 2 heterocycles. The van der Waals surface area contributed by atoms with E-state index in [1.54, 1.807) is 0 Å². The van der Waals surface area contributed by atoms with Crippen molar-refractivity contribution in [3.63, 3.8) is 0 Å². The van der Waals surface area contributed by atoms with Crippen LogP contribution < -0.4 is 5.32 Å². The SMILES string of the molecule is CN1CCNCC1c1noc(-c2cccc(C(F)(F)F)c2F)n1. The van der Waals surface area contributed by atoms with Crippen LogP contribution in [0.5, 0.6) is 0 Å². The Bertz CT molecular complexity index is 700. The van der Waals surface area contributed by atoms with Crippen molar-refractivity contribution < 1.29 is 22.1 Å². The molecule has 0 spiro atoms. The predicted octanol–water partition coefficient (Wildman–Crippen LogP) is 2.47. The lowest BCUT2D eigenvalue weighted by Gasteiger charge is -2.30. The summed E-state index contributed by atoms with van der Waals surface area (Å²) in [6, 6.07) is 2.80. The molecule has 1 aromatic heterocycles. The molecule has 0 amide bonds. The molecular formula is C14H14F4N4O. The summed E-state index contributed by atoms with van der Waals surface area (Å²) in [7, 11) is 1.88. The maximum Gasteiger partial charge on any atom is 0.419 e. The van der Waals surface area contributed by atoms with Gasteiger partial charge in [-0.1, -0.05) is 11.2 Å². The maximum atomic E-state index is 14.1. The third-order valence-corrected chi connectivity index (χ3v) is 3.79. The van der Waals surface area contributed by atoms with E-state index in [1.165, 1.54) is 6.07 Å². The summed E-state index contributed by atoms with van der Waals surface area (Å²) < 4.78 is 57.4. The van der Waals surface area contributed by atoms with Gasteiger partial charge in [-0.15, -0.1) is 0 Å². The van der Waals surface area contributed by atoms with E-state index in [0.29, 0.717) is 18.4 Å². The summed E-state index contributed by atoms with van der Waals surface area (Å²) in [6.07, 6.45) is -4.78. The van der Waals surface area contributed by atoms with Gasteiger partial charge in [0.2, 0.25) is 0 Å². The second-order valence-corrected chi connectivity index (χ2v) is 5.32. The van der Waals surface area contributed by atoms with Crippen LogP contribution in [0.1, 0.15) is 17.4 Å². The fraction of sp³-hybridized carbons (Fsp3) is 0.429. The minimum atomic E-state index is -4.78. The summed E-state index contributed by atoms with van der Waals surface area (Å²) in [5, 5.41) is 6.95. The monoisotopic (exact) mass is 330 g/mol. The molecule has 9 heteroatoms. The minimum absolute atomic E-state index is 0.171. The number of alkyl halides is 3. The van der Waals surface area contributed by atoms with Crippen LogP contribution in [0.15, 0.2) is 22.7 Å². The smallest absolute Gasteiger partial charge is 0.334 e. The van der Waals surface area contributed by atoms with Crippen LogP contribution in [0.25, 0.3) is 11.5 Å². The van der Waals surface area contributed by atoms with Crippen molar-refractivity contribution in [3.05, 3.63) is 35.4 Å². The summed E-state index contributed by atoms with van der Waals surface area (Å²) in [5.41, 5.74) is -1.71. The van der Waals surface area contributed by atoms with Gasteiger partial charge >= 0.3 is 6.18 Å². The van der Waals surface area contributed by atoms with Crippen molar-refractivity contribution in [2.24, 2.45) is 0 Å². The molecule has 1 aromatic carbocycles. The number of piperazine rings is 1. The number of rotatable bonds is 2. The molecule has 23 heavy (non-hydrogen) atoms. The molecule has 1 unspecified atom stereocenters.